The van der Waals surface area contributed by atoms with Crippen molar-refractivity contribution in [1.82, 2.24) is 4.98 Å². The van der Waals surface area contributed by atoms with Crippen molar-refractivity contribution in [2.24, 2.45) is 0 Å². The number of rotatable bonds is 2. The highest BCUT2D eigenvalue weighted by molar-refractivity contribution is 6.68. The molecule has 0 saturated carbocycles. The molecule has 76 valence electrons. The molecule has 0 amide bonds. The Labute approximate surface area is 81.7 Å². The molecule has 0 atom stereocenters. The summed E-state index contributed by atoms with van der Waals surface area (Å²) in [7, 11) is 0. The molecule has 1 aromatic heterocycles. The standard InChI is InChI=1S/C7H4ClF3N2O/c8-6(14)5-3(12)1-2(9)4(13-5)7(10)11/h1,7H,12H2. The number of hydrogen-bond acceptors (Lipinski definition) is 3. The van der Waals surface area contributed by atoms with E-state index in [0.29, 0.717) is 6.07 Å². The summed E-state index contributed by atoms with van der Waals surface area (Å²) in [5, 5.41) is -1.11. The SMILES string of the molecule is Nc1cc(F)c(C(F)F)nc1C(=O)Cl. The monoisotopic (exact) mass is 224 g/mol. The van der Waals surface area contributed by atoms with Gasteiger partial charge < -0.3 is 5.73 Å². The van der Waals surface area contributed by atoms with Crippen molar-refractivity contribution in [1.29, 1.82) is 0 Å². The van der Waals surface area contributed by atoms with Gasteiger partial charge in [0.25, 0.3) is 11.7 Å². The average Bonchev–Trinajstić information content (AvgIpc) is 2.02. The van der Waals surface area contributed by atoms with Gasteiger partial charge in [0.2, 0.25) is 0 Å². The Hall–Kier alpha value is -1.30. The van der Waals surface area contributed by atoms with E-state index < -0.39 is 28.9 Å². The molecule has 1 aromatic rings. The maximum Gasteiger partial charge on any atom is 0.283 e. The number of nitrogens with zero attached hydrogens (tertiary/aromatic N) is 1. The van der Waals surface area contributed by atoms with Crippen LogP contribution < -0.4 is 5.73 Å². The predicted octanol–water partition coefficient (Wildman–Crippen LogP) is 2.12. The third-order valence-corrected chi connectivity index (χ3v) is 1.60. The van der Waals surface area contributed by atoms with E-state index in [-0.39, 0.29) is 5.69 Å². The van der Waals surface area contributed by atoms with E-state index >= 15 is 0 Å². The number of nitrogens with two attached hydrogens (primary N) is 1. The highest BCUT2D eigenvalue weighted by atomic mass is 35.5. The van der Waals surface area contributed by atoms with E-state index in [1.807, 2.05) is 0 Å². The largest absolute Gasteiger partial charge is 0.397 e. The number of alkyl halides is 2. The van der Waals surface area contributed by atoms with Gasteiger partial charge in [-0.1, -0.05) is 0 Å². The van der Waals surface area contributed by atoms with Gasteiger partial charge in [-0.05, 0) is 11.6 Å². The zero-order valence-electron chi connectivity index (χ0n) is 6.60. The quantitative estimate of drug-likeness (QED) is 0.783. The molecule has 0 saturated heterocycles. The van der Waals surface area contributed by atoms with Crippen LogP contribution in [0.4, 0.5) is 18.9 Å². The Balaban J connectivity index is 3.34. The first-order valence-electron chi connectivity index (χ1n) is 3.37. The molecule has 0 aliphatic heterocycles. The molecule has 0 fully saturated rings. The van der Waals surface area contributed by atoms with Gasteiger partial charge in [-0.3, -0.25) is 4.79 Å². The van der Waals surface area contributed by atoms with Crippen molar-refractivity contribution in [2.75, 3.05) is 5.73 Å². The Kier molecular flexibility index (Phi) is 2.95. The third kappa shape index (κ3) is 1.95. The molecule has 0 unspecified atom stereocenters. The van der Waals surface area contributed by atoms with E-state index in [9.17, 15) is 18.0 Å². The molecule has 14 heavy (non-hydrogen) atoms. The van der Waals surface area contributed by atoms with Crippen LogP contribution in [0.25, 0.3) is 0 Å². The van der Waals surface area contributed by atoms with Crippen LogP contribution in [-0.4, -0.2) is 10.2 Å². The highest BCUT2D eigenvalue weighted by Crippen LogP contribution is 2.23. The molecule has 1 rings (SSSR count). The van der Waals surface area contributed by atoms with Crippen LogP contribution in [0, 0.1) is 5.82 Å². The number of nitrogen functional groups attached to an aromatic ring is 1. The van der Waals surface area contributed by atoms with Crippen molar-refractivity contribution in [3.63, 3.8) is 0 Å². The molecule has 7 heteroatoms. The maximum absolute atomic E-state index is 12.8. The van der Waals surface area contributed by atoms with Crippen molar-refractivity contribution >= 4 is 22.5 Å². The summed E-state index contributed by atoms with van der Waals surface area (Å²) in [6, 6.07) is 0.587. The first-order chi connectivity index (χ1) is 6.43. The summed E-state index contributed by atoms with van der Waals surface area (Å²) >= 11 is 4.99. The zero-order valence-corrected chi connectivity index (χ0v) is 7.36. The lowest BCUT2D eigenvalue weighted by atomic mass is 10.2. The lowest BCUT2D eigenvalue weighted by molar-refractivity contribution is 0.107. The van der Waals surface area contributed by atoms with Gasteiger partial charge in [-0.15, -0.1) is 0 Å². The number of anilines is 1. The number of hydrogen-bond donors (Lipinski definition) is 1. The topological polar surface area (TPSA) is 56.0 Å². The second kappa shape index (κ2) is 3.83. The highest BCUT2D eigenvalue weighted by Gasteiger charge is 2.20. The molecule has 3 nitrogen and oxygen atoms in total. The van der Waals surface area contributed by atoms with E-state index in [1.165, 1.54) is 0 Å². The first kappa shape index (κ1) is 10.8. The summed E-state index contributed by atoms with van der Waals surface area (Å²) in [6.07, 6.45) is -3.12. The zero-order chi connectivity index (χ0) is 10.9. The van der Waals surface area contributed by atoms with Gasteiger partial charge >= 0.3 is 0 Å². The summed E-state index contributed by atoms with van der Waals surface area (Å²) < 4.78 is 37.0. The van der Waals surface area contributed by atoms with E-state index in [2.05, 4.69) is 4.98 Å². The van der Waals surface area contributed by atoms with E-state index in [0.717, 1.165) is 0 Å². The van der Waals surface area contributed by atoms with E-state index in [4.69, 9.17) is 17.3 Å². The average molecular weight is 225 g/mol. The predicted molar refractivity (Wildman–Crippen MR) is 43.7 cm³/mol. The van der Waals surface area contributed by atoms with Crippen LogP contribution in [0.5, 0.6) is 0 Å². The number of aromatic nitrogens is 1. The first-order valence-corrected chi connectivity index (χ1v) is 3.75. The number of carbonyl (C=O) groups is 1. The van der Waals surface area contributed by atoms with E-state index in [1.54, 1.807) is 0 Å². The fraction of sp³-hybridized carbons (Fsp3) is 0.143. The number of carbonyl (C=O) groups excluding carboxylic acids is 1. The Morgan fingerprint density at radius 1 is 1.57 bits per heavy atom. The Bertz CT molecular complexity index is 383. The summed E-state index contributed by atoms with van der Waals surface area (Å²) in [6.45, 7) is 0. The van der Waals surface area contributed by atoms with Crippen molar-refractivity contribution in [2.45, 2.75) is 6.43 Å². The van der Waals surface area contributed by atoms with Crippen LogP contribution in [0.2, 0.25) is 0 Å². The minimum atomic E-state index is -3.12. The lowest BCUT2D eigenvalue weighted by Crippen LogP contribution is -2.07. The molecule has 0 aromatic carbocycles. The minimum absolute atomic E-state index is 0.369. The van der Waals surface area contributed by atoms with Crippen LogP contribution >= 0.6 is 11.6 Å². The Morgan fingerprint density at radius 2 is 2.14 bits per heavy atom. The van der Waals surface area contributed by atoms with Crippen molar-refractivity contribution in [3.8, 4) is 0 Å². The number of halogens is 4. The Morgan fingerprint density at radius 3 is 2.57 bits per heavy atom. The van der Waals surface area contributed by atoms with Crippen LogP contribution in [-0.2, 0) is 0 Å². The fourth-order valence-corrected chi connectivity index (χ4v) is 0.979. The molecule has 0 aliphatic rings. The van der Waals surface area contributed by atoms with Gasteiger partial charge in [0, 0.05) is 6.07 Å². The molecular weight excluding hydrogens is 221 g/mol. The summed E-state index contributed by atoms with van der Waals surface area (Å²) in [4.78, 5) is 13.6. The van der Waals surface area contributed by atoms with Crippen molar-refractivity contribution in [3.05, 3.63) is 23.3 Å². The second-order valence-electron chi connectivity index (χ2n) is 2.37. The lowest BCUT2D eigenvalue weighted by Gasteiger charge is -2.04. The van der Waals surface area contributed by atoms with Gasteiger partial charge in [0.05, 0.1) is 5.69 Å². The van der Waals surface area contributed by atoms with Crippen LogP contribution in [0.15, 0.2) is 6.07 Å². The molecule has 1 heterocycles. The smallest absolute Gasteiger partial charge is 0.283 e. The number of pyridine rings is 1. The molecule has 0 bridgehead atoms. The van der Waals surface area contributed by atoms with Crippen LogP contribution in [0.3, 0.4) is 0 Å². The maximum atomic E-state index is 12.8. The normalized spacial score (nSPS) is 10.6. The molecular formula is C7H4ClF3N2O. The molecule has 2 N–H and O–H groups in total. The second-order valence-corrected chi connectivity index (χ2v) is 2.71. The molecule has 0 aliphatic carbocycles. The summed E-state index contributed by atoms with van der Waals surface area (Å²) in [5.74, 6) is -1.26. The molecule has 0 spiro atoms. The van der Waals surface area contributed by atoms with Crippen LogP contribution in [0.1, 0.15) is 22.6 Å². The molecule has 0 radical (unpaired) electrons. The van der Waals surface area contributed by atoms with Gasteiger partial charge in [-0.2, -0.15) is 0 Å². The fourth-order valence-electron chi connectivity index (χ4n) is 0.828. The van der Waals surface area contributed by atoms with Gasteiger partial charge in [-0.25, -0.2) is 18.2 Å². The third-order valence-electron chi connectivity index (χ3n) is 1.43. The summed E-state index contributed by atoms with van der Waals surface area (Å²) in [5.41, 5.74) is 3.07. The minimum Gasteiger partial charge on any atom is -0.397 e. The van der Waals surface area contributed by atoms with Gasteiger partial charge in [0.15, 0.2) is 5.82 Å². The van der Waals surface area contributed by atoms with Gasteiger partial charge in [0.1, 0.15) is 11.4 Å². The van der Waals surface area contributed by atoms with Crippen molar-refractivity contribution < 1.29 is 18.0 Å².